The molecule has 0 spiro atoms. The molecule has 3 N–H and O–H groups in total. The van der Waals surface area contributed by atoms with Crippen LogP contribution in [0, 0.1) is 11.8 Å². The van der Waals surface area contributed by atoms with Crippen molar-refractivity contribution in [2.45, 2.75) is 77.1 Å². The Balaban J connectivity index is 4.03. The number of ether oxygens (including phenoxy) is 1. The summed E-state index contributed by atoms with van der Waals surface area (Å²) in [5.41, 5.74) is 0. The lowest BCUT2D eigenvalue weighted by Crippen LogP contribution is -2.23. The minimum Gasteiger partial charge on any atom is -0.466 e. The number of hydrogen-bond acceptors (Lipinski definition) is 5. The Morgan fingerprint density at radius 3 is 2.41 bits per heavy atom. The van der Waals surface area contributed by atoms with Gasteiger partial charge in [-0.05, 0) is 44.4 Å². The number of aliphatic hydroxyl groups excluding tert-OH is 3. The molecule has 0 radical (unpaired) electrons. The normalized spacial score (nSPS) is 15.0. The van der Waals surface area contributed by atoms with E-state index >= 15 is 0 Å². The van der Waals surface area contributed by atoms with Crippen molar-refractivity contribution in [2.24, 2.45) is 0 Å². The second-order valence-corrected chi connectivity index (χ2v) is 6.21. The summed E-state index contributed by atoms with van der Waals surface area (Å²) in [7, 11) is 0. The minimum atomic E-state index is -0.997. The summed E-state index contributed by atoms with van der Waals surface area (Å²) in [6, 6.07) is 0. The molecule has 0 amide bonds. The van der Waals surface area contributed by atoms with Crippen LogP contribution in [0.15, 0.2) is 36.5 Å². The lowest BCUT2D eigenvalue weighted by atomic mass is 10.1. The summed E-state index contributed by atoms with van der Waals surface area (Å²) in [4.78, 5) is 11.2. The molecular formula is C22H34O5. The average molecular weight is 379 g/mol. The van der Waals surface area contributed by atoms with Gasteiger partial charge in [0.25, 0.3) is 0 Å². The second kappa shape index (κ2) is 17.5. The van der Waals surface area contributed by atoms with E-state index in [-0.39, 0.29) is 12.4 Å². The number of esters is 1. The minimum absolute atomic E-state index is 0.234. The maximum Gasteiger partial charge on any atom is 0.305 e. The highest BCUT2D eigenvalue weighted by atomic mass is 16.5. The van der Waals surface area contributed by atoms with Crippen molar-refractivity contribution >= 4 is 5.97 Å². The molecule has 0 aromatic heterocycles. The molecule has 27 heavy (non-hydrogen) atoms. The molecule has 0 saturated heterocycles. The molecule has 0 aliphatic carbocycles. The average Bonchev–Trinajstić information content (AvgIpc) is 2.64. The Hall–Kier alpha value is -1.87. The monoisotopic (exact) mass is 378 g/mol. The summed E-state index contributed by atoms with van der Waals surface area (Å²) >= 11 is 0. The van der Waals surface area contributed by atoms with E-state index in [1.54, 1.807) is 37.3 Å². The zero-order valence-electron chi connectivity index (χ0n) is 16.5. The molecule has 0 saturated carbocycles. The quantitative estimate of drug-likeness (QED) is 0.198. The van der Waals surface area contributed by atoms with E-state index in [0.29, 0.717) is 19.4 Å². The Kier molecular flexibility index (Phi) is 16.3. The van der Waals surface area contributed by atoms with Crippen molar-refractivity contribution < 1.29 is 24.9 Å². The fraction of sp³-hybridized carbons (Fsp3) is 0.591. The van der Waals surface area contributed by atoms with Crippen molar-refractivity contribution in [1.82, 2.24) is 0 Å². The van der Waals surface area contributed by atoms with E-state index < -0.39 is 18.3 Å². The van der Waals surface area contributed by atoms with Crippen LogP contribution in [0.4, 0.5) is 0 Å². The van der Waals surface area contributed by atoms with Gasteiger partial charge in [-0.3, -0.25) is 4.79 Å². The highest BCUT2D eigenvalue weighted by Gasteiger charge is 2.13. The van der Waals surface area contributed by atoms with Gasteiger partial charge in [0.05, 0.1) is 24.9 Å². The van der Waals surface area contributed by atoms with Gasteiger partial charge in [0, 0.05) is 6.42 Å². The van der Waals surface area contributed by atoms with Crippen LogP contribution in [-0.2, 0) is 9.53 Å². The number of rotatable bonds is 13. The summed E-state index contributed by atoms with van der Waals surface area (Å²) < 4.78 is 4.80. The van der Waals surface area contributed by atoms with E-state index in [0.717, 1.165) is 25.7 Å². The van der Waals surface area contributed by atoms with Crippen molar-refractivity contribution in [3.63, 3.8) is 0 Å². The van der Waals surface area contributed by atoms with Gasteiger partial charge in [-0.25, -0.2) is 0 Å². The maximum atomic E-state index is 11.2. The van der Waals surface area contributed by atoms with Crippen LogP contribution in [0.3, 0.4) is 0 Å². The van der Waals surface area contributed by atoms with Crippen LogP contribution >= 0.6 is 0 Å². The third-order valence-corrected chi connectivity index (χ3v) is 3.77. The molecule has 0 fully saturated rings. The first-order chi connectivity index (χ1) is 13.0. The van der Waals surface area contributed by atoms with Gasteiger partial charge in [-0.1, -0.05) is 56.3 Å². The van der Waals surface area contributed by atoms with Crippen LogP contribution in [0.5, 0.6) is 0 Å². The predicted octanol–water partition coefficient (Wildman–Crippen LogP) is 3.05. The molecule has 3 atom stereocenters. The molecule has 3 unspecified atom stereocenters. The third-order valence-electron chi connectivity index (χ3n) is 3.77. The summed E-state index contributed by atoms with van der Waals surface area (Å²) in [5.74, 6) is 5.30. The Morgan fingerprint density at radius 2 is 1.70 bits per heavy atom. The van der Waals surface area contributed by atoms with Crippen LogP contribution in [-0.4, -0.2) is 46.2 Å². The van der Waals surface area contributed by atoms with E-state index in [1.165, 1.54) is 6.08 Å². The molecule has 0 heterocycles. The van der Waals surface area contributed by atoms with Gasteiger partial charge in [0.2, 0.25) is 0 Å². The Labute approximate surface area is 163 Å². The molecule has 152 valence electrons. The molecular weight excluding hydrogens is 344 g/mol. The molecule has 0 aliphatic heterocycles. The van der Waals surface area contributed by atoms with Crippen LogP contribution in [0.1, 0.15) is 58.8 Å². The first-order valence-corrected chi connectivity index (χ1v) is 9.72. The van der Waals surface area contributed by atoms with Gasteiger partial charge in [0.15, 0.2) is 0 Å². The van der Waals surface area contributed by atoms with Gasteiger partial charge in [-0.15, -0.1) is 0 Å². The summed E-state index contributed by atoms with van der Waals surface area (Å²) in [5, 5.41) is 29.3. The standard InChI is InChI=1S/C22H34O5/c1-3-5-10-14-19(23)15-11-8-6-7-9-12-16-20(24)21(25)17-13-18-22(26)27-4-2/h7,9,11-12,15-16,19-21,23-25H,3-5,10,13-14,17-18H2,1-2H3. The molecule has 0 rings (SSSR count). The number of carbonyl (C=O) groups excluding carboxylic acids is 1. The van der Waals surface area contributed by atoms with Gasteiger partial charge in [-0.2, -0.15) is 0 Å². The van der Waals surface area contributed by atoms with Crippen LogP contribution in [0.25, 0.3) is 0 Å². The second-order valence-electron chi connectivity index (χ2n) is 6.21. The smallest absolute Gasteiger partial charge is 0.305 e. The number of allylic oxidation sites excluding steroid dienone is 4. The van der Waals surface area contributed by atoms with Crippen molar-refractivity contribution in [3.8, 4) is 11.8 Å². The fourth-order valence-electron chi connectivity index (χ4n) is 2.22. The van der Waals surface area contributed by atoms with E-state index in [4.69, 9.17) is 4.74 Å². The van der Waals surface area contributed by atoms with Crippen molar-refractivity contribution in [1.29, 1.82) is 0 Å². The van der Waals surface area contributed by atoms with Gasteiger partial charge in [0.1, 0.15) is 0 Å². The maximum absolute atomic E-state index is 11.2. The largest absolute Gasteiger partial charge is 0.466 e. The molecule has 5 nitrogen and oxygen atoms in total. The van der Waals surface area contributed by atoms with E-state index in [9.17, 15) is 20.1 Å². The third kappa shape index (κ3) is 16.1. The summed E-state index contributed by atoms with van der Waals surface area (Å²) in [6.07, 6.45) is 12.3. The first-order valence-electron chi connectivity index (χ1n) is 9.72. The summed E-state index contributed by atoms with van der Waals surface area (Å²) in [6.45, 7) is 4.21. The number of hydrogen-bond donors (Lipinski definition) is 3. The van der Waals surface area contributed by atoms with Crippen molar-refractivity contribution in [3.05, 3.63) is 36.5 Å². The lowest BCUT2D eigenvalue weighted by Gasteiger charge is -2.13. The molecule has 0 aliphatic rings. The highest BCUT2D eigenvalue weighted by Crippen LogP contribution is 2.07. The molecule has 0 aromatic rings. The molecule has 5 heteroatoms. The Morgan fingerprint density at radius 1 is 0.963 bits per heavy atom. The Bertz CT molecular complexity index is 525. The first kappa shape index (κ1) is 25.1. The topological polar surface area (TPSA) is 87.0 Å². The number of aliphatic hydroxyl groups is 3. The van der Waals surface area contributed by atoms with Gasteiger partial charge >= 0.3 is 5.97 Å². The number of unbranched alkanes of at least 4 members (excludes halogenated alkanes) is 2. The highest BCUT2D eigenvalue weighted by molar-refractivity contribution is 5.69. The fourth-order valence-corrected chi connectivity index (χ4v) is 2.22. The number of carbonyl (C=O) groups is 1. The van der Waals surface area contributed by atoms with Gasteiger partial charge < -0.3 is 20.1 Å². The van der Waals surface area contributed by atoms with E-state index in [2.05, 4.69) is 18.8 Å². The molecule has 0 bridgehead atoms. The van der Waals surface area contributed by atoms with Crippen LogP contribution < -0.4 is 0 Å². The molecule has 0 aromatic carbocycles. The lowest BCUT2D eigenvalue weighted by molar-refractivity contribution is -0.143. The van der Waals surface area contributed by atoms with Crippen molar-refractivity contribution in [2.75, 3.05) is 6.61 Å². The van der Waals surface area contributed by atoms with Crippen LogP contribution in [0.2, 0.25) is 0 Å². The SMILES string of the molecule is CCCCCC(O)C=CC#CC=CC=CC(O)C(O)CCCC(=O)OCC. The predicted molar refractivity (Wildman–Crippen MR) is 108 cm³/mol. The van der Waals surface area contributed by atoms with E-state index in [1.807, 2.05) is 0 Å². The zero-order chi connectivity index (χ0) is 20.3. The zero-order valence-corrected chi connectivity index (χ0v) is 16.5.